The molecule has 0 aromatic heterocycles. The van der Waals surface area contributed by atoms with E-state index in [-0.39, 0.29) is 18.1 Å². The summed E-state index contributed by atoms with van der Waals surface area (Å²) >= 11 is 0. The molecule has 1 amide bonds. The zero-order valence-electron chi connectivity index (χ0n) is 19.8. The zero-order chi connectivity index (χ0) is 24.5. The summed E-state index contributed by atoms with van der Waals surface area (Å²) in [5, 5.41) is 16.8. The number of amidine groups is 1. The Kier molecular flexibility index (Phi) is 14.6. The quantitative estimate of drug-likeness (QED) is 0.0631. The standard InChI is InChI=1S/C22H30FN5O2.C2H6/c1-5-8-18(23)9-6-7-12-26-17(3)28(24)22(30)13-16(2)15-27-19-10-11-20(25-4)21(29)14-19;1-2/h5-11,13-14,25,27,29H,12,15,24H2,1-4H3;1-2H3/b7-6+,8-5-,16-13+,18-9+,26-17?;. The van der Waals surface area contributed by atoms with Crippen LogP contribution in [-0.4, -0.2) is 42.0 Å². The van der Waals surface area contributed by atoms with Crippen LogP contribution < -0.4 is 16.5 Å². The molecule has 0 heterocycles. The van der Waals surface area contributed by atoms with Crippen molar-refractivity contribution in [3.8, 4) is 5.75 Å². The molecule has 1 rings (SSSR count). The van der Waals surface area contributed by atoms with E-state index in [4.69, 9.17) is 5.84 Å². The maximum absolute atomic E-state index is 13.2. The Labute approximate surface area is 190 Å². The Morgan fingerprint density at radius 2 is 2.00 bits per heavy atom. The van der Waals surface area contributed by atoms with E-state index >= 15 is 0 Å². The molecule has 0 unspecified atom stereocenters. The number of aromatic hydroxyl groups is 1. The van der Waals surface area contributed by atoms with Gasteiger partial charge >= 0.3 is 0 Å². The number of halogens is 1. The molecule has 1 aromatic carbocycles. The number of hydrogen-bond acceptors (Lipinski definition) is 6. The summed E-state index contributed by atoms with van der Waals surface area (Å²) < 4.78 is 13.2. The highest BCUT2D eigenvalue weighted by Gasteiger charge is 2.10. The highest BCUT2D eigenvalue weighted by atomic mass is 19.1. The smallest absolute Gasteiger partial charge is 0.266 e. The number of benzene rings is 1. The number of nitrogens with two attached hydrogens (primary N) is 1. The van der Waals surface area contributed by atoms with Gasteiger partial charge in [-0.2, -0.15) is 0 Å². The van der Waals surface area contributed by atoms with E-state index in [9.17, 15) is 14.3 Å². The van der Waals surface area contributed by atoms with Crippen molar-refractivity contribution >= 4 is 23.1 Å². The van der Waals surface area contributed by atoms with Gasteiger partial charge in [0.25, 0.3) is 5.91 Å². The molecule has 0 saturated heterocycles. The number of hydrogen-bond donors (Lipinski definition) is 4. The minimum absolute atomic E-state index is 0.134. The molecule has 0 saturated carbocycles. The normalized spacial score (nSPS) is 12.6. The van der Waals surface area contributed by atoms with Crippen molar-refractivity contribution in [1.82, 2.24) is 5.01 Å². The van der Waals surface area contributed by atoms with Crippen LogP contribution in [0.4, 0.5) is 15.8 Å². The van der Waals surface area contributed by atoms with Crippen LogP contribution in [0.3, 0.4) is 0 Å². The summed E-state index contributed by atoms with van der Waals surface area (Å²) in [5.74, 6) is 5.52. The number of nitrogens with zero attached hydrogens (tertiary/aromatic N) is 2. The van der Waals surface area contributed by atoms with Crippen LogP contribution in [0.15, 0.2) is 71.0 Å². The molecule has 5 N–H and O–H groups in total. The SMILES string of the molecule is CC.C\C=C/C(F)=C\C=C\CN=C(C)N(N)C(=O)/C=C(\C)CNc1ccc(NC)c(O)c1. The number of carbonyl (C=O) groups excluding carboxylic acids is 1. The number of allylic oxidation sites excluding steroid dienone is 5. The van der Waals surface area contributed by atoms with Gasteiger partial charge in [-0.25, -0.2) is 15.2 Å². The molecule has 0 bridgehead atoms. The molecule has 0 atom stereocenters. The average molecular weight is 446 g/mol. The van der Waals surface area contributed by atoms with Gasteiger partial charge < -0.3 is 15.7 Å². The second-order valence-electron chi connectivity index (χ2n) is 6.40. The number of rotatable bonds is 9. The first-order chi connectivity index (χ1) is 15.3. The Bertz CT molecular complexity index is 873. The first-order valence-electron chi connectivity index (χ1n) is 10.4. The lowest BCUT2D eigenvalue weighted by molar-refractivity contribution is -0.122. The van der Waals surface area contributed by atoms with Gasteiger partial charge in [0.2, 0.25) is 0 Å². The van der Waals surface area contributed by atoms with E-state index in [1.54, 1.807) is 58.2 Å². The molecule has 7 nitrogen and oxygen atoms in total. The second-order valence-corrected chi connectivity index (χ2v) is 6.40. The van der Waals surface area contributed by atoms with Crippen molar-refractivity contribution in [1.29, 1.82) is 0 Å². The third-order valence-corrected chi connectivity index (χ3v) is 3.94. The van der Waals surface area contributed by atoms with Gasteiger partial charge in [-0.3, -0.25) is 9.79 Å². The number of anilines is 2. The van der Waals surface area contributed by atoms with Crippen molar-refractivity contribution in [2.24, 2.45) is 10.8 Å². The summed E-state index contributed by atoms with van der Waals surface area (Å²) in [6, 6.07) is 5.17. The lowest BCUT2D eigenvalue weighted by atomic mass is 10.2. The summed E-state index contributed by atoms with van der Waals surface area (Å²) in [4.78, 5) is 16.5. The minimum atomic E-state index is -0.410. The number of hydrazine groups is 1. The molecule has 0 spiro atoms. The van der Waals surface area contributed by atoms with Crippen LogP contribution in [0.25, 0.3) is 0 Å². The molecule has 0 fully saturated rings. The molecule has 0 radical (unpaired) electrons. The maximum atomic E-state index is 13.2. The predicted molar refractivity (Wildman–Crippen MR) is 133 cm³/mol. The van der Waals surface area contributed by atoms with Gasteiger partial charge in [-0.15, -0.1) is 0 Å². The topological polar surface area (TPSA) is 103 Å². The van der Waals surface area contributed by atoms with Gasteiger partial charge in [0.15, 0.2) is 0 Å². The summed E-state index contributed by atoms with van der Waals surface area (Å²) in [6.07, 6.45) is 8.90. The van der Waals surface area contributed by atoms with Gasteiger partial charge in [-0.05, 0) is 50.6 Å². The van der Waals surface area contributed by atoms with Crippen molar-refractivity contribution in [3.05, 3.63) is 66.1 Å². The molecule has 1 aromatic rings. The van der Waals surface area contributed by atoms with Gasteiger partial charge in [-0.1, -0.05) is 32.1 Å². The summed E-state index contributed by atoms with van der Waals surface area (Å²) in [5.41, 5.74) is 2.11. The Balaban J connectivity index is 0.00000466. The van der Waals surface area contributed by atoms with Crippen LogP contribution in [0, 0.1) is 0 Å². The lowest BCUT2D eigenvalue weighted by Gasteiger charge is -2.15. The lowest BCUT2D eigenvalue weighted by Crippen LogP contribution is -2.40. The number of nitrogens with one attached hydrogen (secondary N) is 2. The van der Waals surface area contributed by atoms with Crippen LogP contribution in [0.1, 0.15) is 34.6 Å². The van der Waals surface area contributed by atoms with Crippen LogP contribution in [0.2, 0.25) is 0 Å². The largest absolute Gasteiger partial charge is 0.506 e. The number of phenolic OH excluding ortho intramolecular Hbond substituents is 1. The Morgan fingerprint density at radius 3 is 2.59 bits per heavy atom. The monoisotopic (exact) mass is 445 g/mol. The van der Waals surface area contributed by atoms with Gasteiger partial charge in [0.1, 0.15) is 17.4 Å². The number of aliphatic imine (C=N–C) groups is 1. The van der Waals surface area contributed by atoms with Crippen molar-refractivity contribution in [2.75, 3.05) is 30.8 Å². The predicted octanol–water partition coefficient (Wildman–Crippen LogP) is 4.92. The van der Waals surface area contributed by atoms with E-state index in [0.717, 1.165) is 16.3 Å². The summed E-state index contributed by atoms with van der Waals surface area (Å²) in [7, 11) is 1.73. The summed E-state index contributed by atoms with van der Waals surface area (Å²) in [6.45, 7) is 9.82. The molecule has 0 aliphatic heterocycles. The van der Waals surface area contributed by atoms with E-state index < -0.39 is 5.91 Å². The number of phenols is 1. The third kappa shape index (κ3) is 11.1. The molecule has 176 valence electrons. The van der Waals surface area contributed by atoms with Crippen molar-refractivity contribution < 1.29 is 14.3 Å². The first-order valence-corrected chi connectivity index (χ1v) is 10.4. The second kappa shape index (κ2) is 16.3. The highest BCUT2D eigenvalue weighted by Crippen LogP contribution is 2.26. The first kappa shape index (κ1) is 28.6. The molecule has 8 heteroatoms. The zero-order valence-corrected chi connectivity index (χ0v) is 19.8. The molecular weight excluding hydrogens is 409 g/mol. The van der Waals surface area contributed by atoms with E-state index in [2.05, 4.69) is 15.6 Å². The van der Waals surface area contributed by atoms with Crippen LogP contribution in [-0.2, 0) is 4.79 Å². The van der Waals surface area contributed by atoms with Crippen LogP contribution in [0.5, 0.6) is 5.75 Å². The van der Waals surface area contributed by atoms with Crippen molar-refractivity contribution in [2.45, 2.75) is 34.6 Å². The highest BCUT2D eigenvalue weighted by molar-refractivity contribution is 6.01. The fourth-order valence-corrected chi connectivity index (χ4v) is 2.28. The molecule has 0 aliphatic carbocycles. The van der Waals surface area contributed by atoms with Crippen LogP contribution >= 0.6 is 0 Å². The minimum Gasteiger partial charge on any atom is -0.506 e. The maximum Gasteiger partial charge on any atom is 0.266 e. The average Bonchev–Trinajstić information content (AvgIpc) is 2.78. The van der Waals surface area contributed by atoms with E-state index in [1.165, 1.54) is 18.2 Å². The Hall–Kier alpha value is -3.39. The fraction of sp³-hybridized carbons (Fsp3) is 0.333. The Morgan fingerprint density at radius 1 is 1.31 bits per heavy atom. The van der Waals surface area contributed by atoms with Gasteiger partial charge in [0, 0.05) is 31.4 Å². The number of carbonyl (C=O) groups is 1. The molecule has 0 aliphatic rings. The molecular formula is C24H36FN5O2. The van der Waals surface area contributed by atoms with Gasteiger partial charge in [0.05, 0.1) is 12.2 Å². The third-order valence-electron chi connectivity index (χ3n) is 3.94. The van der Waals surface area contributed by atoms with E-state index in [1.807, 2.05) is 19.9 Å². The molecule has 32 heavy (non-hydrogen) atoms. The number of amides is 1. The van der Waals surface area contributed by atoms with Crippen molar-refractivity contribution in [3.63, 3.8) is 0 Å². The fourth-order valence-electron chi connectivity index (χ4n) is 2.28. The van der Waals surface area contributed by atoms with E-state index in [0.29, 0.717) is 18.1 Å².